The van der Waals surface area contributed by atoms with Gasteiger partial charge in [0.25, 0.3) is 5.91 Å². The molecule has 1 unspecified atom stereocenters. The molecule has 1 aliphatic rings. The number of aromatic amines is 1. The number of carbonyl (C=O) groups excluding carboxylic acids is 1. The summed E-state index contributed by atoms with van der Waals surface area (Å²) in [7, 11) is 0. The van der Waals surface area contributed by atoms with Crippen molar-refractivity contribution in [2.75, 3.05) is 0 Å². The lowest BCUT2D eigenvalue weighted by molar-refractivity contribution is -0.137. The highest BCUT2D eigenvalue weighted by molar-refractivity contribution is 9.10. The molecule has 0 aliphatic heterocycles. The van der Waals surface area contributed by atoms with E-state index in [1.807, 2.05) is 12.1 Å². The van der Waals surface area contributed by atoms with Gasteiger partial charge in [-0.05, 0) is 67.3 Å². The summed E-state index contributed by atoms with van der Waals surface area (Å²) < 4.78 is 39.0. The number of fused-ring (bicyclic) bond motifs is 3. The van der Waals surface area contributed by atoms with Gasteiger partial charge in [-0.3, -0.25) is 4.79 Å². The highest BCUT2D eigenvalue weighted by Gasteiger charge is 2.30. The summed E-state index contributed by atoms with van der Waals surface area (Å²) >= 11 is 3.49. The number of alkyl halides is 3. The zero-order valence-electron chi connectivity index (χ0n) is 14.2. The van der Waals surface area contributed by atoms with Crippen LogP contribution >= 0.6 is 15.9 Å². The van der Waals surface area contributed by atoms with Crippen molar-refractivity contribution >= 4 is 32.7 Å². The van der Waals surface area contributed by atoms with E-state index in [1.165, 1.54) is 17.7 Å². The zero-order chi connectivity index (χ0) is 19.2. The minimum absolute atomic E-state index is 0.185. The van der Waals surface area contributed by atoms with Crippen LogP contribution < -0.4 is 5.32 Å². The maximum Gasteiger partial charge on any atom is 0.416 e. The SMILES string of the molecule is O=C(NC1CCCc2c1[nH]c1ccc(Br)cc21)c1ccc(C(F)(F)F)cc1. The number of aryl methyl sites for hydroxylation is 1. The highest BCUT2D eigenvalue weighted by atomic mass is 79.9. The molecule has 1 amide bonds. The molecule has 0 saturated carbocycles. The Labute approximate surface area is 162 Å². The number of H-pyrrole nitrogens is 1. The van der Waals surface area contributed by atoms with E-state index in [0.29, 0.717) is 0 Å². The molecule has 2 N–H and O–H groups in total. The van der Waals surface area contributed by atoms with Crippen LogP contribution in [0.25, 0.3) is 10.9 Å². The first kappa shape index (κ1) is 18.1. The first-order chi connectivity index (χ1) is 12.8. The Kier molecular flexibility index (Phi) is 4.50. The largest absolute Gasteiger partial charge is 0.416 e. The van der Waals surface area contributed by atoms with E-state index < -0.39 is 11.7 Å². The Balaban J connectivity index is 1.59. The Morgan fingerprint density at radius 3 is 2.59 bits per heavy atom. The molecule has 1 heterocycles. The summed E-state index contributed by atoms with van der Waals surface area (Å²) in [6, 6.07) is 10.1. The first-order valence-corrected chi connectivity index (χ1v) is 9.40. The van der Waals surface area contributed by atoms with E-state index in [2.05, 4.69) is 32.3 Å². The third-order valence-electron chi connectivity index (χ3n) is 4.95. The fourth-order valence-electron chi connectivity index (χ4n) is 3.63. The Morgan fingerprint density at radius 1 is 1.15 bits per heavy atom. The molecule has 4 rings (SSSR count). The molecule has 0 radical (unpaired) electrons. The summed E-state index contributed by atoms with van der Waals surface area (Å²) in [6.45, 7) is 0. The van der Waals surface area contributed by atoms with Gasteiger partial charge < -0.3 is 10.3 Å². The van der Waals surface area contributed by atoms with E-state index >= 15 is 0 Å². The van der Waals surface area contributed by atoms with Gasteiger partial charge in [-0.1, -0.05) is 15.9 Å². The second-order valence-corrected chi connectivity index (χ2v) is 7.62. The molecule has 0 saturated heterocycles. The molecule has 0 fully saturated rings. The van der Waals surface area contributed by atoms with Crippen molar-refractivity contribution in [3.8, 4) is 0 Å². The van der Waals surface area contributed by atoms with Gasteiger partial charge in [-0.25, -0.2) is 0 Å². The zero-order valence-corrected chi connectivity index (χ0v) is 15.7. The molecule has 1 atom stereocenters. The number of rotatable bonds is 2. The van der Waals surface area contributed by atoms with Crippen LogP contribution in [0.3, 0.4) is 0 Å². The number of halogens is 4. The summed E-state index contributed by atoms with van der Waals surface area (Å²) in [6.07, 6.45) is -1.76. The van der Waals surface area contributed by atoms with Crippen LogP contribution in [-0.4, -0.2) is 10.9 Å². The van der Waals surface area contributed by atoms with Gasteiger partial charge in [0.2, 0.25) is 0 Å². The Hall–Kier alpha value is -2.28. The maximum absolute atomic E-state index is 12.7. The van der Waals surface area contributed by atoms with Crippen molar-refractivity contribution < 1.29 is 18.0 Å². The van der Waals surface area contributed by atoms with Gasteiger partial charge in [0.05, 0.1) is 11.6 Å². The van der Waals surface area contributed by atoms with E-state index in [4.69, 9.17) is 0 Å². The molecule has 140 valence electrons. The number of aromatic nitrogens is 1. The van der Waals surface area contributed by atoms with E-state index in [9.17, 15) is 18.0 Å². The molecular weight excluding hydrogens is 421 g/mol. The van der Waals surface area contributed by atoms with Crippen molar-refractivity contribution in [2.45, 2.75) is 31.5 Å². The van der Waals surface area contributed by atoms with Gasteiger partial charge >= 0.3 is 6.18 Å². The lowest BCUT2D eigenvalue weighted by atomic mass is 9.91. The summed E-state index contributed by atoms with van der Waals surface area (Å²) in [5, 5.41) is 4.09. The molecule has 3 nitrogen and oxygen atoms in total. The fourth-order valence-corrected chi connectivity index (χ4v) is 3.99. The predicted molar refractivity (Wildman–Crippen MR) is 101 cm³/mol. The normalized spacial score (nSPS) is 17.0. The first-order valence-electron chi connectivity index (χ1n) is 8.61. The average molecular weight is 437 g/mol. The van der Waals surface area contributed by atoms with Crippen molar-refractivity contribution in [1.29, 1.82) is 0 Å². The van der Waals surface area contributed by atoms with Gasteiger partial charge in [0, 0.05) is 26.6 Å². The summed E-state index contributed by atoms with van der Waals surface area (Å²) in [5.41, 5.74) is 2.64. The lowest BCUT2D eigenvalue weighted by Gasteiger charge is -2.24. The minimum atomic E-state index is -4.41. The third-order valence-corrected chi connectivity index (χ3v) is 5.44. The number of nitrogens with one attached hydrogen (secondary N) is 2. The average Bonchev–Trinajstić information content (AvgIpc) is 3.00. The topological polar surface area (TPSA) is 44.9 Å². The van der Waals surface area contributed by atoms with Gasteiger partial charge in [0.1, 0.15) is 0 Å². The molecule has 0 bridgehead atoms. The molecule has 1 aromatic heterocycles. The number of carbonyl (C=O) groups is 1. The highest BCUT2D eigenvalue weighted by Crippen LogP contribution is 2.36. The van der Waals surface area contributed by atoms with Crippen molar-refractivity contribution in [3.63, 3.8) is 0 Å². The molecule has 27 heavy (non-hydrogen) atoms. The standard InChI is InChI=1S/C20H16BrF3N2O/c21-13-8-9-16-15(10-13)14-2-1-3-17(18(14)25-16)26-19(27)11-4-6-12(7-5-11)20(22,23)24/h4-10,17,25H,1-3H2,(H,26,27). The predicted octanol–water partition coefficient (Wildman–Crippen LogP) is 5.76. The van der Waals surface area contributed by atoms with E-state index in [1.54, 1.807) is 0 Å². The van der Waals surface area contributed by atoms with Crippen LogP contribution in [0, 0.1) is 0 Å². The number of benzene rings is 2. The van der Waals surface area contributed by atoms with E-state index in [0.717, 1.165) is 52.5 Å². The molecule has 2 aromatic carbocycles. The van der Waals surface area contributed by atoms with Crippen molar-refractivity contribution in [3.05, 3.63) is 69.3 Å². The number of hydrogen-bond acceptors (Lipinski definition) is 1. The maximum atomic E-state index is 12.7. The van der Waals surface area contributed by atoms with Crippen molar-refractivity contribution in [2.24, 2.45) is 0 Å². The van der Waals surface area contributed by atoms with Crippen LogP contribution in [-0.2, 0) is 12.6 Å². The fraction of sp³-hybridized carbons (Fsp3) is 0.250. The second-order valence-electron chi connectivity index (χ2n) is 6.70. The molecule has 1 aliphatic carbocycles. The van der Waals surface area contributed by atoms with Gasteiger partial charge in [-0.2, -0.15) is 13.2 Å². The quantitative estimate of drug-likeness (QED) is 0.527. The molecule has 0 spiro atoms. The summed E-state index contributed by atoms with van der Waals surface area (Å²) in [4.78, 5) is 15.9. The van der Waals surface area contributed by atoms with Crippen LogP contribution in [0.15, 0.2) is 46.9 Å². The van der Waals surface area contributed by atoms with Crippen LogP contribution in [0.5, 0.6) is 0 Å². The van der Waals surface area contributed by atoms with Crippen LogP contribution in [0.2, 0.25) is 0 Å². The molecule has 7 heteroatoms. The molecule has 3 aromatic rings. The smallest absolute Gasteiger partial charge is 0.356 e. The number of hydrogen-bond donors (Lipinski definition) is 2. The Morgan fingerprint density at radius 2 is 1.89 bits per heavy atom. The lowest BCUT2D eigenvalue weighted by Crippen LogP contribution is -2.31. The van der Waals surface area contributed by atoms with Gasteiger partial charge in [0.15, 0.2) is 0 Å². The second kappa shape index (κ2) is 6.71. The minimum Gasteiger partial charge on any atom is -0.356 e. The van der Waals surface area contributed by atoms with Crippen LogP contribution in [0.1, 0.15) is 46.1 Å². The van der Waals surface area contributed by atoms with Crippen LogP contribution in [0.4, 0.5) is 13.2 Å². The Bertz CT molecular complexity index is 1010. The van der Waals surface area contributed by atoms with E-state index in [-0.39, 0.29) is 17.5 Å². The van der Waals surface area contributed by atoms with Crippen molar-refractivity contribution in [1.82, 2.24) is 10.3 Å². The monoisotopic (exact) mass is 436 g/mol. The molecular formula is C20H16BrF3N2O. The summed E-state index contributed by atoms with van der Waals surface area (Å²) in [5.74, 6) is -0.374. The number of amides is 1. The third kappa shape index (κ3) is 3.48. The van der Waals surface area contributed by atoms with Gasteiger partial charge in [-0.15, -0.1) is 0 Å².